The van der Waals surface area contributed by atoms with Crippen molar-refractivity contribution in [3.63, 3.8) is 0 Å². The summed E-state index contributed by atoms with van der Waals surface area (Å²) in [7, 11) is 0. The van der Waals surface area contributed by atoms with E-state index in [0.29, 0.717) is 24.1 Å². The molecule has 128 valence electrons. The topological polar surface area (TPSA) is 129 Å². The lowest BCUT2D eigenvalue weighted by atomic mass is 10.1. The number of aliphatic carboxylic acids is 1. The molecule has 0 fully saturated rings. The highest BCUT2D eigenvalue weighted by Crippen LogP contribution is 2.20. The largest absolute Gasteiger partial charge is 0.481 e. The molecule has 0 unspecified atom stereocenters. The molecule has 0 saturated heterocycles. The number of nitrogen functional groups attached to an aromatic ring is 1. The molecule has 0 aliphatic rings. The number of amides is 1. The summed E-state index contributed by atoms with van der Waals surface area (Å²) in [5, 5.41) is 19.5. The molecular formula is C17H21N3O4. The molecule has 0 aliphatic heterocycles. The number of rotatable bonds is 9. The van der Waals surface area contributed by atoms with E-state index in [0.717, 1.165) is 24.6 Å². The molecule has 1 heterocycles. The number of carboxylic acids is 1. The monoisotopic (exact) mass is 331 g/mol. The van der Waals surface area contributed by atoms with Crippen LogP contribution in [-0.2, 0) is 4.79 Å². The fourth-order valence-corrected chi connectivity index (χ4v) is 2.35. The average molecular weight is 331 g/mol. The number of furan rings is 1. The Balaban J connectivity index is 1.81. The molecule has 7 nitrogen and oxygen atoms in total. The minimum absolute atomic E-state index is 0.0535. The molecule has 0 bridgehead atoms. The van der Waals surface area contributed by atoms with Gasteiger partial charge in [-0.2, -0.15) is 0 Å². The molecule has 5 N–H and O–H groups in total. The Hall–Kier alpha value is -2.83. The highest BCUT2D eigenvalue weighted by Gasteiger charge is 2.12. The number of carbonyl (C=O) groups excluding carboxylic acids is 1. The minimum atomic E-state index is -0.777. The Morgan fingerprint density at radius 2 is 1.92 bits per heavy atom. The third-order valence-electron chi connectivity index (χ3n) is 3.66. The first-order chi connectivity index (χ1) is 11.5. The standard InChI is InChI=1S/C17H21N3O4/c18-16(19)12-7-6-11-9-14(24-13(11)10-12)17(23)20-8-4-2-1-3-5-15(21)22/h6-7,9-10H,1-5,8H2,(H3,18,19)(H,20,23)(H,21,22). The zero-order chi connectivity index (χ0) is 17.5. The lowest BCUT2D eigenvalue weighted by molar-refractivity contribution is -0.137. The van der Waals surface area contributed by atoms with Crippen LogP contribution in [0, 0.1) is 5.41 Å². The van der Waals surface area contributed by atoms with Gasteiger partial charge in [-0.1, -0.05) is 25.0 Å². The summed E-state index contributed by atoms with van der Waals surface area (Å²) >= 11 is 0. The van der Waals surface area contributed by atoms with E-state index in [2.05, 4.69) is 5.32 Å². The summed E-state index contributed by atoms with van der Waals surface area (Å²) in [6.45, 7) is 0.516. The van der Waals surface area contributed by atoms with Crippen LogP contribution in [0.2, 0.25) is 0 Å². The summed E-state index contributed by atoms with van der Waals surface area (Å²) < 4.78 is 5.51. The van der Waals surface area contributed by atoms with E-state index in [1.54, 1.807) is 24.3 Å². The second-order valence-corrected chi connectivity index (χ2v) is 5.59. The molecule has 0 saturated carbocycles. The molecule has 0 aliphatic carbocycles. The average Bonchev–Trinajstić information content (AvgIpc) is 2.96. The Kier molecular flexibility index (Phi) is 5.95. The third kappa shape index (κ3) is 4.84. The quantitative estimate of drug-likeness (QED) is 0.319. The maximum absolute atomic E-state index is 12.1. The van der Waals surface area contributed by atoms with Gasteiger partial charge in [0.2, 0.25) is 0 Å². The van der Waals surface area contributed by atoms with Crippen molar-refractivity contribution in [3.8, 4) is 0 Å². The minimum Gasteiger partial charge on any atom is -0.481 e. The maximum atomic E-state index is 12.1. The van der Waals surface area contributed by atoms with Gasteiger partial charge in [-0.05, 0) is 25.0 Å². The number of hydrogen-bond donors (Lipinski definition) is 4. The Labute approximate surface area is 139 Å². The molecule has 0 atom stereocenters. The van der Waals surface area contributed by atoms with E-state index in [1.807, 2.05) is 0 Å². The fourth-order valence-electron chi connectivity index (χ4n) is 2.35. The van der Waals surface area contributed by atoms with Gasteiger partial charge < -0.3 is 20.6 Å². The van der Waals surface area contributed by atoms with E-state index in [4.69, 9.17) is 20.7 Å². The number of benzene rings is 1. The van der Waals surface area contributed by atoms with E-state index in [-0.39, 0.29) is 23.9 Å². The van der Waals surface area contributed by atoms with E-state index >= 15 is 0 Å². The van der Waals surface area contributed by atoms with Gasteiger partial charge in [0.15, 0.2) is 5.76 Å². The first kappa shape index (κ1) is 17.5. The zero-order valence-electron chi connectivity index (χ0n) is 13.3. The molecule has 0 spiro atoms. The predicted molar refractivity (Wildman–Crippen MR) is 90.3 cm³/mol. The van der Waals surface area contributed by atoms with Crippen LogP contribution >= 0.6 is 0 Å². The van der Waals surface area contributed by atoms with Crippen LogP contribution in [0.25, 0.3) is 11.0 Å². The van der Waals surface area contributed by atoms with Crippen molar-refractivity contribution < 1.29 is 19.1 Å². The van der Waals surface area contributed by atoms with E-state index in [9.17, 15) is 9.59 Å². The second kappa shape index (κ2) is 8.14. The number of nitrogens with two attached hydrogens (primary N) is 1. The van der Waals surface area contributed by atoms with Crippen LogP contribution < -0.4 is 11.1 Å². The lowest BCUT2D eigenvalue weighted by Gasteiger charge is -2.02. The van der Waals surface area contributed by atoms with Crippen LogP contribution in [0.15, 0.2) is 28.7 Å². The first-order valence-electron chi connectivity index (χ1n) is 7.85. The van der Waals surface area contributed by atoms with Crippen molar-refractivity contribution >= 4 is 28.7 Å². The number of hydrogen-bond acceptors (Lipinski definition) is 4. The Morgan fingerprint density at radius 3 is 2.62 bits per heavy atom. The van der Waals surface area contributed by atoms with Crippen LogP contribution in [0.5, 0.6) is 0 Å². The molecule has 7 heteroatoms. The normalized spacial score (nSPS) is 10.7. The molecule has 1 amide bonds. The van der Waals surface area contributed by atoms with E-state index in [1.165, 1.54) is 0 Å². The summed E-state index contributed by atoms with van der Waals surface area (Å²) in [6.07, 6.45) is 3.34. The molecule has 0 radical (unpaired) electrons. The van der Waals surface area contributed by atoms with Crippen LogP contribution in [0.4, 0.5) is 0 Å². The van der Waals surface area contributed by atoms with Gasteiger partial charge in [-0.25, -0.2) is 0 Å². The van der Waals surface area contributed by atoms with Crippen molar-refractivity contribution in [1.82, 2.24) is 5.32 Å². The molecule has 1 aromatic carbocycles. The second-order valence-electron chi connectivity index (χ2n) is 5.59. The SMILES string of the molecule is N=C(N)c1ccc2cc(C(=O)NCCCCCCC(=O)O)oc2c1. The third-order valence-corrected chi connectivity index (χ3v) is 3.66. The summed E-state index contributed by atoms with van der Waals surface area (Å²) in [5.74, 6) is -0.902. The number of fused-ring (bicyclic) bond motifs is 1. The van der Waals surface area contributed by atoms with Crippen LogP contribution in [0.1, 0.15) is 48.2 Å². The smallest absolute Gasteiger partial charge is 0.303 e. The summed E-state index contributed by atoms with van der Waals surface area (Å²) in [6, 6.07) is 6.76. The summed E-state index contributed by atoms with van der Waals surface area (Å²) in [5.41, 5.74) is 6.50. The molecule has 1 aromatic heterocycles. The molecule has 2 rings (SSSR count). The van der Waals surface area contributed by atoms with Gasteiger partial charge in [0.05, 0.1) is 0 Å². The molecule has 2 aromatic rings. The van der Waals surface area contributed by atoms with Crippen molar-refractivity contribution in [2.24, 2.45) is 5.73 Å². The number of carboxylic acid groups (broad SMARTS) is 1. The van der Waals surface area contributed by atoms with Crippen LogP contribution in [-0.4, -0.2) is 29.4 Å². The Bertz CT molecular complexity index is 751. The number of unbranched alkanes of at least 4 members (excludes halogenated alkanes) is 3. The highest BCUT2D eigenvalue weighted by atomic mass is 16.4. The van der Waals surface area contributed by atoms with Gasteiger partial charge in [-0.3, -0.25) is 15.0 Å². The van der Waals surface area contributed by atoms with Crippen LogP contribution in [0.3, 0.4) is 0 Å². The highest BCUT2D eigenvalue weighted by molar-refractivity contribution is 6.00. The lowest BCUT2D eigenvalue weighted by Crippen LogP contribution is -2.23. The van der Waals surface area contributed by atoms with Gasteiger partial charge in [-0.15, -0.1) is 0 Å². The number of carbonyl (C=O) groups is 2. The molecule has 24 heavy (non-hydrogen) atoms. The van der Waals surface area contributed by atoms with Gasteiger partial charge in [0.1, 0.15) is 11.4 Å². The molecular weight excluding hydrogens is 310 g/mol. The van der Waals surface area contributed by atoms with Gasteiger partial charge >= 0.3 is 5.97 Å². The summed E-state index contributed by atoms with van der Waals surface area (Å²) in [4.78, 5) is 22.4. The van der Waals surface area contributed by atoms with Crippen molar-refractivity contribution in [2.75, 3.05) is 6.54 Å². The van der Waals surface area contributed by atoms with Gasteiger partial charge in [0.25, 0.3) is 5.91 Å². The maximum Gasteiger partial charge on any atom is 0.303 e. The number of nitrogens with one attached hydrogen (secondary N) is 2. The van der Waals surface area contributed by atoms with Crippen molar-refractivity contribution in [3.05, 3.63) is 35.6 Å². The van der Waals surface area contributed by atoms with Crippen molar-refractivity contribution in [1.29, 1.82) is 5.41 Å². The van der Waals surface area contributed by atoms with E-state index < -0.39 is 5.97 Å². The first-order valence-corrected chi connectivity index (χ1v) is 7.85. The number of amidine groups is 1. The zero-order valence-corrected chi connectivity index (χ0v) is 13.3. The van der Waals surface area contributed by atoms with Crippen molar-refractivity contribution in [2.45, 2.75) is 32.1 Å². The van der Waals surface area contributed by atoms with Gasteiger partial charge in [0, 0.05) is 23.9 Å². The Morgan fingerprint density at radius 1 is 1.17 bits per heavy atom. The predicted octanol–water partition coefficient (Wildman–Crippen LogP) is 2.48. The fraction of sp³-hybridized carbons (Fsp3) is 0.353.